The van der Waals surface area contributed by atoms with Crippen molar-refractivity contribution in [1.82, 2.24) is 20.2 Å². The topological polar surface area (TPSA) is 84.1 Å². The van der Waals surface area contributed by atoms with Crippen LogP contribution in [0.5, 0.6) is 0 Å². The van der Waals surface area contributed by atoms with Crippen molar-refractivity contribution in [2.75, 3.05) is 11.4 Å². The molecule has 2 rings (SSSR count). The number of rotatable bonds is 2. The average molecular weight is 211 g/mol. The number of nitrogens with zero attached hydrogens (tertiary/aromatic N) is 5. The molecule has 1 aromatic heterocycles. The Morgan fingerprint density at radius 2 is 2.33 bits per heavy atom. The zero-order valence-electron chi connectivity index (χ0n) is 8.71. The van der Waals surface area contributed by atoms with E-state index in [2.05, 4.69) is 15.5 Å². The molecule has 0 bridgehead atoms. The van der Waals surface area contributed by atoms with Gasteiger partial charge in [-0.2, -0.15) is 0 Å². The molecule has 0 aliphatic carbocycles. The number of anilines is 1. The number of aromatic nitrogens is 4. The van der Waals surface area contributed by atoms with Crippen LogP contribution in [0.15, 0.2) is 0 Å². The van der Waals surface area contributed by atoms with Crippen molar-refractivity contribution in [3.63, 3.8) is 0 Å². The molecule has 1 fully saturated rings. The summed E-state index contributed by atoms with van der Waals surface area (Å²) in [5, 5.41) is 20.3. The van der Waals surface area contributed by atoms with E-state index in [1.807, 2.05) is 0 Å². The van der Waals surface area contributed by atoms with E-state index >= 15 is 0 Å². The molecule has 7 heteroatoms. The fourth-order valence-electron chi connectivity index (χ4n) is 1.96. The Balaban J connectivity index is 2.38. The highest BCUT2D eigenvalue weighted by Gasteiger charge is 2.45. The lowest BCUT2D eigenvalue weighted by Crippen LogP contribution is -2.49. The first-order valence-corrected chi connectivity index (χ1v) is 4.79. The zero-order chi connectivity index (χ0) is 11.1. The molecule has 1 aliphatic heterocycles. The summed E-state index contributed by atoms with van der Waals surface area (Å²) in [5.74, 6) is -0.319. The van der Waals surface area contributed by atoms with E-state index in [1.54, 1.807) is 18.9 Å². The van der Waals surface area contributed by atoms with Crippen LogP contribution in [-0.4, -0.2) is 43.4 Å². The third kappa shape index (κ3) is 1.34. The molecule has 1 atom stereocenters. The summed E-state index contributed by atoms with van der Waals surface area (Å²) in [6.45, 7) is 2.38. The second-order valence-corrected chi connectivity index (χ2v) is 3.94. The maximum absolute atomic E-state index is 11.2. The number of hydrogen-bond acceptors (Lipinski definition) is 5. The van der Waals surface area contributed by atoms with Crippen LogP contribution in [0.2, 0.25) is 0 Å². The van der Waals surface area contributed by atoms with Gasteiger partial charge in [0.05, 0.1) is 0 Å². The molecule has 0 spiro atoms. The van der Waals surface area contributed by atoms with Crippen molar-refractivity contribution in [1.29, 1.82) is 0 Å². The lowest BCUT2D eigenvalue weighted by atomic mass is 10.00. The molecule has 0 saturated carbocycles. The SMILES string of the molecule is Cn1nnnc1N1CCCC1(C)C(=O)O. The third-order valence-electron chi connectivity index (χ3n) is 2.94. The Hall–Kier alpha value is -1.66. The Labute approximate surface area is 86.7 Å². The van der Waals surface area contributed by atoms with Crippen LogP contribution in [-0.2, 0) is 11.8 Å². The van der Waals surface area contributed by atoms with Crippen molar-refractivity contribution in [2.24, 2.45) is 7.05 Å². The highest BCUT2D eigenvalue weighted by molar-refractivity contribution is 5.83. The monoisotopic (exact) mass is 211 g/mol. The van der Waals surface area contributed by atoms with E-state index in [1.165, 1.54) is 4.68 Å². The van der Waals surface area contributed by atoms with Gasteiger partial charge in [0.25, 0.3) is 0 Å². The molecule has 1 saturated heterocycles. The van der Waals surface area contributed by atoms with Crippen LogP contribution in [0.3, 0.4) is 0 Å². The van der Waals surface area contributed by atoms with Gasteiger partial charge < -0.3 is 10.0 Å². The van der Waals surface area contributed by atoms with Crippen LogP contribution >= 0.6 is 0 Å². The van der Waals surface area contributed by atoms with Crippen molar-refractivity contribution in [2.45, 2.75) is 25.3 Å². The lowest BCUT2D eigenvalue weighted by molar-refractivity contribution is -0.142. The molecule has 7 nitrogen and oxygen atoms in total. The van der Waals surface area contributed by atoms with E-state index in [4.69, 9.17) is 0 Å². The van der Waals surface area contributed by atoms with E-state index in [0.29, 0.717) is 18.9 Å². The summed E-state index contributed by atoms with van der Waals surface area (Å²) in [6.07, 6.45) is 1.46. The van der Waals surface area contributed by atoms with Gasteiger partial charge in [-0.05, 0) is 30.2 Å². The molecule has 82 valence electrons. The predicted molar refractivity (Wildman–Crippen MR) is 51.4 cm³/mol. The van der Waals surface area contributed by atoms with Gasteiger partial charge in [-0.1, -0.05) is 5.10 Å². The summed E-state index contributed by atoms with van der Waals surface area (Å²) in [4.78, 5) is 13.0. The number of carboxylic acid groups (broad SMARTS) is 1. The quantitative estimate of drug-likeness (QED) is 0.720. The summed E-state index contributed by atoms with van der Waals surface area (Å²) < 4.78 is 1.49. The van der Waals surface area contributed by atoms with E-state index in [9.17, 15) is 9.90 Å². The van der Waals surface area contributed by atoms with Gasteiger partial charge in [0, 0.05) is 13.6 Å². The lowest BCUT2D eigenvalue weighted by Gasteiger charge is -2.30. The summed E-state index contributed by atoms with van der Waals surface area (Å²) >= 11 is 0. The minimum atomic E-state index is -0.886. The molecule has 1 N–H and O–H groups in total. The third-order valence-corrected chi connectivity index (χ3v) is 2.94. The summed E-state index contributed by atoms with van der Waals surface area (Å²) in [7, 11) is 1.70. The second-order valence-electron chi connectivity index (χ2n) is 3.94. The first kappa shape index (κ1) is 9.88. The smallest absolute Gasteiger partial charge is 0.329 e. The van der Waals surface area contributed by atoms with Gasteiger partial charge in [0.1, 0.15) is 5.54 Å². The molecule has 15 heavy (non-hydrogen) atoms. The van der Waals surface area contributed by atoms with Crippen LogP contribution in [0.1, 0.15) is 19.8 Å². The number of tetrazole rings is 1. The van der Waals surface area contributed by atoms with Gasteiger partial charge in [0.2, 0.25) is 5.95 Å². The van der Waals surface area contributed by atoms with Gasteiger partial charge >= 0.3 is 5.97 Å². The molecule has 1 aromatic rings. The van der Waals surface area contributed by atoms with E-state index < -0.39 is 11.5 Å². The predicted octanol–water partition coefficient (Wildman–Crippen LogP) is -0.346. The Bertz CT molecular complexity index is 390. The normalized spacial score (nSPS) is 25.9. The largest absolute Gasteiger partial charge is 0.480 e. The second kappa shape index (κ2) is 3.18. The van der Waals surface area contributed by atoms with Crippen molar-refractivity contribution >= 4 is 11.9 Å². The van der Waals surface area contributed by atoms with E-state index in [-0.39, 0.29) is 0 Å². The summed E-state index contributed by atoms with van der Waals surface area (Å²) in [6, 6.07) is 0. The number of aryl methyl sites for hydroxylation is 1. The Morgan fingerprint density at radius 3 is 2.87 bits per heavy atom. The minimum Gasteiger partial charge on any atom is -0.480 e. The van der Waals surface area contributed by atoms with Crippen LogP contribution < -0.4 is 4.90 Å². The van der Waals surface area contributed by atoms with Crippen molar-refractivity contribution in [3.8, 4) is 0 Å². The highest BCUT2D eigenvalue weighted by Crippen LogP contribution is 2.32. The Morgan fingerprint density at radius 1 is 1.60 bits per heavy atom. The molecule has 0 amide bonds. The molecule has 1 unspecified atom stereocenters. The van der Waals surface area contributed by atoms with Crippen molar-refractivity contribution in [3.05, 3.63) is 0 Å². The standard InChI is InChI=1S/C8H13N5O2/c1-8(6(14)15)4-3-5-13(8)7-9-10-11-12(7)2/h3-5H2,1-2H3,(H,14,15). The molecule has 2 heterocycles. The average Bonchev–Trinajstić information content (AvgIpc) is 2.72. The number of carboxylic acids is 1. The van der Waals surface area contributed by atoms with Crippen LogP contribution in [0, 0.1) is 0 Å². The minimum absolute atomic E-state index is 0.511. The molecular formula is C8H13N5O2. The molecular weight excluding hydrogens is 198 g/mol. The fraction of sp³-hybridized carbons (Fsp3) is 0.750. The first-order valence-electron chi connectivity index (χ1n) is 4.79. The van der Waals surface area contributed by atoms with Gasteiger partial charge in [-0.25, -0.2) is 9.48 Å². The fourth-order valence-corrected chi connectivity index (χ4v) is 1.96. The van der Waals surface area contributed by atoms with Crippen LogP contribution in [0.25, 0.3) is 0 Å². The maximum Gasteiger partial charge on any atom is 0.329 e. The number of hydrogen-bond donors (Lipinski definition) is 1. The number of aliphatic carboxylic acids is 1. The number of carbonyl (C=O) groups is 1. The van der Waals surface area contributed by atoms with Gasteiger partial charge in [-0.15, -0.1) is 0 Å². The summed E-state index contributed by atoms with van der Waals surface area (Å²) in [5.41, 5.74) is -0.886. The van der Waals surface area contributed by atoms with E-state index in [0.717, 1.165) is 6.42 Å². The molecule has 0 radical (unpaired) electrons. The van der Waals surface area contributed by atoms with Gasteiger partial charge in [0.15, 0.2) is 0 Å². The molecule has 0 aromatic carbocycles. The van der Waals surface area contributed by atoms with Crippen molar-refractivity contribution < 1.29 is 9.90 Å². The maximum atomic E-state index is 11.2. The highest BCUT2D eigenvalue weighted by atomic mass is 16.4. The molecule has 1 aliphatic rings. The Kier molecular flexibility index (Phi) is 2.09. The first-order chi connectivity index (χ1) is 7.05. The zero-order valence-corrected chi connectivity index (χ0v) is 8.71. The van der Waals surface area contributed by atoms with Crippen LogP contribution in [0.4, 0.5) is 5.95 Å². The van der Waals surface area contributed by atoms with Gasteiger partial charge in [-0.3, -0.25) is 0 Å².